The number of aliphatic hydroxyl groups excluding tert-OH is 1. The van der Waals surface area contributed by atoms with Gasteiger partial charge in [0.15, 0.2) is 0 Å². The van der Waals surface area contributed by atoms with E-state index in [1.54, 1.807) is 6.08 Å². The summed E-state index contributed by atoms with van der Waals surface area (Å²) in [5.74, 6) is -1.02. The van der Waals surface area contributed by atoms with E-state index in [2.05, 4.69) is 22.2 Å². The fourth-order valence-corrected chi connectivity index (χ4v) is 1.47. The van der Waals surface area contributed by atoms with Crippen molar-refractivity contribution in [2.45, 2.75) is 13.1 Å². The average molecular weight is 283 g/mol. The number of carboxylic acid groups (broad SMARTS) is 1. The Hall–Kier alpha value is -2.42. The largest absolute Gasteiger partial charge is 0.480 e. The minimum atomic E-state index is -1.02. The molecule has 0 bridgehead atoms. The molecule has 110 valence electrons. The van der Waals surface area contributed by atoms with Crippen molar-refractivity contribution in [2.75, 3.05) is 19.7 Å². The molecule has 1 rings (SSSR count). The van der Waals surface area contributed by atoms with Gasteiger partial charge in [-0.25, -0.2) is 9.48 Å². The summed E-state index contributed by atoms with van der Waals surface area (Å²) in [5.41, 5.74) is 0.446. The molecule has 0 radical (unpaired) electrons. The van der Waals surface area contributed by atoms with Gasteiger partial charge in [0.25, 0.3) is 0 Å². The van der Waals surface area contributed by atoms with E-state index in [9.17, 15) is 9.59 Å². The highest BCUT2D eigenvalue weighted by atomic mass is 16.4. The van der Waals surface area contributed by atoms with Crippen LogP contribution in [0.25, 0.3) is 0 Å². The van der Waals surface area contributed by atoms with E-state index in [4.69, 9.17) is 10.2 Å². The lowest BCUT2D eigenvalue weighted by Gasteiger charge is -2.19. The zero-order valence-electron chi connectivity index (χ0n) is 10.9. The molecule has 1 aromatic rings. The lowest BCUT2D eigenvalue weighted by molar-refractivity contribution is -0.137. The monoisotopic (exact) mass is 283 g/mol. The van der Waals surface area contributed by atoms with E-state index in [1.165, 1.54) is 15.8 Å². The third kappa shape index (κ3) is 5.06. The highest BCUT2D eigenvalue weighted by Gasteiger charge is 2.12. The second kappa shape index (κ2) is 7.89. The van der Waals surface area contributed by atoms with Crippen LogP contribution in [0.3, 0.4) is 0 Å². The molecule has 9 heteroatoms. The second-order valence-electron chi connectivity index (χ2n) is 3.92. The molecule has 9 nitrogen and oxygen atoms in total. The van der Waals surface area contributed by atoms with E-state index >= 15 is 0 Å². The maximum atomic E-state index is 11.8. The molecular formula is C11H17N5O4. The maximum absolute atomic E-state index is 11.8. The van der Waals surface area contributed by atoms with E-state index in [0.29, 0.717) is 12.2 Å². The molecule has 1 aromatic heterocycles. The van der Waals surface area contributed by atoms with Crippen LogP contribution in [0.1, 0.15) is 5.69 Å². The normalized spacial score (nSPS) is 10.1. The lowest BCUT2D eigenvalue weighted by Crippen LogP contribution is -2.41. The molecule has 0 aliphatic rings. The first-order valence-electron chi connectivity index (χ1n) is 5.92. The zero-order chi connectivity index (χ0) is 15.0. The Morgan fingerprint density at radius 1 is 1.55 bits per heavy atom. The van der Waals surface area contributed by atoms with Crippen molar-refractivity contribution in [2.24, 2.45) is 0 Å². The number of urea groups is 1. The van der Waals surface area contributed by atoms with E-state index < -0.39 is 5.97 Å². The highest BCUT2D eigenvalue weighted by Crippen LogP contribution is 1.95. The van der Waals surface area contributed by atoms with Crippen LogP contribution in [0.4, 0.5) is 4.79 Å². The highest BCUT2D eigenvalue weighted by molar-refractivity contribution is 5.74. The summed E-state index contributed by atoms with van der Waals surface area (Å²) in [6.45, 7) is 3.74. The van der Waals surface area contributed by atoms with Crippen molar-refractivity contribution in [3.63, 3.8) is 0 Å². The summed E-state index contributed by atoms with van der Waals surface area (Å²) in [5, 5.41) is 27.4. The number of amides is 2. The third-order valence-corrected chi connectivity index (χ3v) is 2.31. The minimum Gasteiger partial charge on any atom is -0.480 e. The van der Waals surface area contributed by atoms with Crippen LogP contribution in [0.5, 0.6) is 0 Å². The van der Waals surface area contributed by atoms with Crippen molar-refractivity contribution >= 4 is 12.0 Å². The van der Waals surface area contributed by atoms with Gasteiger partial charge in [-0.2, -0.15) is 0 Å². The van der Waals surface area contributed by atoms with Gasteiger partial charge in [0.2, 0.25) is 0 Å². The molecule has 0 saturated heterocycles. The smallest absolute Gasteiger partial charge is 0.325 e. The van der Waals surface area contributed by atoms with Gasteiger partial charge in [0.05, 0.1) is 19.3 Å². The van der Waals surface area contributed by atoms with E-state index in [1.807, 2.05) is 0 Å². The molecule has 2 amide bonds. The molecule has 20 heavy (non-hydrogen) atoms. The number of nitrogens with one attached hydrogen (secondary N) is 1. The van der Waals surface area contributed by atoms with Gasteiger partial charge < -0.3 is 20.4 Å². The summed E-state index contributed by atoms with van der Waals surface area (Å²) >= 11 is 0. The molecule has 0 spiro atoms. The van der Waals surface area contributed by atoms with Gasteiger partial charge in [0.1, 0.15) is 12.2 Å². The van der Waals surface area contributed by atoms with E-state index in [0.717, 1.165) is 0 Å². The van der Waals surface area contributed by atoms with Gasteiger partial charge in [-0.05, 0) is 0 Å². The van der Waals surface area contributed by atoms with Crippen LogP contribution >= 0.6 is 0 Å². The first-order chi connectivity index (χ1) is 9.56. The van der Waals surface area contributed by atoms with Crippen LogP contribution in [0.2, 0.25) is 0 Å². The van der Waals surface area contributed by atoms with Gasteiger partial charge in [-0.15, -0.1) is 11.7 Å². The van der Waals surface area contributed by atoms with Crippen molar-refractivity contribution in [1.82, 2.24) is 25.2 Å². The van der Waals surface area contributed by atoms with Gasteiger partial charge in [-0.1, -0.05) is 11.3 Å². The van der Waals surface area contributed by atoms with Crippen molar-refractivity contribution in [3.05, 3.63) is 24.5 Å². The Balaban J connectivity index is 2.48. The molecule has 0 aromatic carbocycles. The van der Waals surface area contributed by atoms with E-state index in [-0.39, 0.29) is 32.3 Å². The Kier molecular flexibility index (Phi) is 6.17. The van der Waals surface area contributed by atoms with Crippen LogP contribution in [0.15, 0.2) is 18.9 Å². The maximum Gasteiger partial charge on any atom is 0.325 e. The van der Waals surface area contributed by atoms with Crippen LogP contribution in [-0.2, 0) is 17.9 Å². The van der Waals surface area contributed by atoms with Crippen LogP contribution in [0, 0.1) is 0 Å². The number of aromatic nitrogens is 3. The fraction of sp³-hybridized carbons (Fsp3) is 0.455. The number of carbonyl (C=O) groups excluding carboxylic acids is 1. The molecule has 0 aliphatic heterocycles. The Labute approximate surface area is 115 Å². The molecule has 0 atom stereocenters. The number of hydrogen-bond acceptors (Lipinski definition) is 5. The topological polar surface area (TPSA) is 121 Å². The molecular weight excluding hydrogens is 266 g/mol. The van der Waals surface area contributed by atoms with Gasteiger partial charge in [0, 0.05) is 13.1 Å². The first-order valence-corrected chi connectivity index (χ1v) is 5.92. The number of aliphatic hydroxyl groups is 1. The predicted octanol–water partition coefficient (Wildman–Crippen LogP) is -0.947. The zero-order valence-corrected chi connectivity index (χ0v) is 10.9. The summed E-state index contributed by atoms with van der Waals surface area (Å²) in [7, 11) is 0. The molecule has 0 fully saturated rings. The van der Waals surface area contributed by atoms with Crippen molar-refractivity contribution in [1.29, 1.82) is 0 Å². The fourth-order valence-electron chi connectivity index (χ4n) is 1.47. The van der Waals surface area contributed by atoms with Crippen molar-refractivity contribution < 1.29 is 19.8 Å². The number of rotatable bonds is 8. The number of nitrogens with zero attached hydrogens (tertiary/aromatic N) is 4. The average Bonchev–Trinajstić information content (AvgIpc) is 2.82. The first kappa shape index (κ1) is 15.6. The SMILES string of the molecule is C=CCN(CCO)C(=O)NCc1cn(CC(=O)O)nn1. The van der Waals surface area contributed by atoms with Gasteiger partial charge in [-0.3, -0.25) is 4.79 Å². The van der Waals surface area contributed by atoms with Crippen molar-refractivity contribution in [3.8, 4) is 0 Å². The number of hydrogen-bond donors (Lipinski definition) is 3. The van der Waals surface area contributed by atoms with Crippen LogP contribution in [-0.4, -0.2) is 61.8 Å². The summed E-state index contributed by atoms with van der Waals surface area (Å²) in [6, 6.07) is -0.369. The van der Waals surface area contributed by atoms with Gasteiger partial charge >= 0.3 is 12.0 Å². The summed E-state index contributed by atoms with van der Waals surface area (Å²) in [4.78, 5) is 23.7. The Morgan fingerprint density at radius 2 is 2.30 bits per heavy atom. The molecule has 3 N–H and O–H groups in total. The minimum absolute atomic E-state index is 0.123. The lowest BCUT2D eigenvalue weighted by atomic mass is 10.4. The summed E-state index contributed by atoms with van der Waals surface area (Å²) < 4.78 is 1.17. The molecule has 0 saturated carbocycles. The number of aliphatic carboxylic acids is 1. The molecule has 0 unspecified atom stereocenters. The second-order valence-corrected chi connectivity index (χ2v) is 3.92. The number of carbonyl (C=O) groups is 2. The Bertz CT molecular complexity index is 473. The Morgan fingerprint density at radius 3 is 2.90 bits per heavy atom. The quantitative estimate of drug-likeness (QED) is 0.529. The number of carboxylic acids is 1. The predicted molar refractivity (Wildman–Crippen MR) is 68.7 cm³/mol. The van der Waals surface area contributed by atoms with Crippen LogP contribution < -0.4 is 5.32 Å². The summed E-state index contributed by atoms with van der Waals surface area (Å²) in [6.07, 6.45) is 3.00. The third-order valence-electron chi connectivity index (χ3n) is 2.31. The standard InChI is InChI=1S/C11H17N5O4/c1-2-3-15(4-5-17)11(20)12-6-9-7-16(14-13-9)8-10(18)19/h2,7,17H,1,3-6,8H2,(H,12,20)(H,18,19). The molecule has 0 aliphatic carbocycles. The molecule has 1 heterocycles.